The summed E-state index contributed by atoms with van der Waals surface area (Å²) in [4.78, 5) is 28.2. The first-order chi connectivity index (χ1) is 12.1. The zero-order valence-electron chi connectivity index (χ0n) is 13.9. The van der Waals surface area contributed by atoms with E-state index in [2.05, 4.69) is 15.6 Å². The molecule has 2 aromatic rings. The van der Waals surface area contributed by atoms with Crippen LogP contribution in [0.4, 0.5) is 4.39 Å². The summed E-state index contributed by atoms with van der Waals surface area (Å²) in [7, 11) is 1.59. The number of amides is 2. The number of pyridine rings is 1. The first-order valence-electron chi connectivity index (χ1n) is 7.86. The third kappa shape index (κ3) is 5.65. The highest BCUT2D eigenvalue weighted by molar-refractivity contribution is 5.98. The Morgan fingerprint density at radius 1 is 1.16 bits per heavy atom. The number of methoxy groups -OCH3 is 1. The number of hydrogen-bond acceptors (Lipinski definition) is 4. The van der Waals surface area contributed by atoms with E-state index in [0.717, 1.165) is 0 Å². The van der Waals surface area contributed by atoms with E-state index < -0.39 is 5.91 Å². The molecule has 0 saturated carbocycles. The van der Waals surface area contributed by atoms with Gasteiger partial charge in [-0.3, -0.25) is 14.6 Å². The van der Waals surface area contributed by atoms with Gasteiger partial charge < -0.3 is 15.4 Å². The lowest BCUT2D eigenvalue weighted by molar-refractivity contribution is 0.0945. The van der Waals surface area contributed by atoms with E-state index in [1.54, 1.807) is 25.3 Å². The molecule has 2 rings (SSSR count). The van der Waals surface area contributed by atoms with Crippen LogP contribution in [0.25, 0.3) is 0 Å². The van der Waals surface area contributed by atoms with E-state index in [4.69, 9.17) is 4.74 Å². The topological polar surface area (TPSA) is 80.3 Å². The monoisotopic (exact) mass is 345 g/mol. The van der Waals surface area contributed by atoms with Crippen molar-refractivity contribution in [3.8, 4) is 0 Å². The summed E-state index contributed by atoms with van der Waals surface area (Å²) < 4.78 is 18.5. The van der Waals surface area contributed by atoms with Gasteiger partial charge in [0.1, 0.15) is 11.5 Å². The predicted octanol–water partition coefficient (Wildman–Crippen LogP) is 1.92. The average Bonchev–Trinajstić information content (AvgIpc) is 2.64. The average molecular weight is 345 g/mol. The molecule has 7 heteroatoms. The molecule has 0 bridgehead atoms. The lowest BCUT2D eigenvalue weighted by atomic mass is 10.2. The molecule has 6 nitrogen and oxygen atoms in total. The van der Waals surface area contributed by atoms with Crippen LogP contribution in [0.1, 0.15) is 32.8 Å². The van der Waals surface area contributed by atoms with Gasteiger partial charge in [-0.05, 0) is 24.6 Å². The van der Waals surface area contributed by atoms with Gasteiger partial charge in [0, 0.05) is 44.1 Å². The van der Waals surface area contributed by atoms with Crippen molar-refractivity contribution in [1.29, 1.82) is 0 Å². The molecule has 0 aliphatic carbocycles. The number of carbonyl (C=O) groups is 2. The molecule has 0 saturated heterocycles. The molecule has 0 radical (unpaired) electrons. The second-order valence-corrected chi connectivity index (χ2v) is 5.31. The van der Waals surface area contributed by atoms with Gasteiger partial charge >= 0.3 is 0 Å². The maximum atomic E-state index is 13.6. The second-order valence-electron chi connectivity index (χ2n) is 5.31. The van der Waals surface area contributed by atoms with Crippen molar-refractivity contribution in [2.75, 3.05) is 20.3 Å². The van der Waals surface area contributed by atoms with Crippen LogP contribution < -0.4 is 10.6 Å². The SMILES string of the molecule is COCCCNC(=O)c1ccnc(C(=O)NCc2ccccc2F)c1. The maximum absolute atomic E-state index is 13.6. The Morgan fingerprint density at radius 2 is 1.96 bits per heavy atom. The minimum absolute atomic E-state index is 0.0423. The molecule has 0 spiro atoms. The van der Waals surface area contributed by atoms with Crippen LogP contribution in [0.3, 0.4) is 0 Å². The lowest BCUT2D eigenvalue weighted by Gasteiger charge is -2.08. The number of benzene rings is 1. The first-order valence-corrected chi connectivity index (χ1v) is 7.86. The molecule has 1 heterocycles. The highest BCUT2D eigenvalue weighted by atomic mass is 19.1. The lowest BCUT2D eigenvalue weighted by Crippen LogP contribution is -2.27. The number of halogens is 1. The summed E-state index contributed by atoms with van der Waals surface area (Å²) >= 11 is 0. The minimum atomic E-state index is -0.475. The summed E-state index contributed by atoms with van der Waals surface area (Å²) in [5.74, 6) is -1.15. The van der Waals surface area contributed by atoms with Crippen LogP contribution in [-0.2, 0) is 11.3 Å². The van der Waals surface area contributed by atoms with E-state index in [0.29, 0.717) is 30.7 Å². The Morgan fingerprint density at radius 3 is 2.72 bits per heavy atom. The number of nitrogens with zero attached hydrogens (tertiary/aromatic N) is 1. The molecular formula is C18H20FN3O3. The zero-order chi connectivity index (χ0) is 18.1. The van der Waals surface area contributed by atoms with Crippen molar-refractivity contribution < 1.29 is 18.7 Å². The van der Waals surface area contributed by atoms with Gasteiger partial charge in [0.05, 0.1) is 0 Å². The van der Waals surface area contributed by atoms with Crippen LogP contribution in [0.2, 0.25) is 0 Å². The fraction of sp³-hybridized carbons (Fsp3) is 0.278. The van der Waals surface area contributed by atoms with Crippen molar-refractivity contribution in [3.05, 3.63) is 65.2 Å². The van der Waals surface area contributed by atoms with Gasteiger partial charge in [0.2, 0.25) is 0 Å². The van der Waals surface area contributed by atoms with Crippen molar-refractivity contribution in [3.63, 3.8) is 0 Å². The zero-order valence-corrected chi connectivity index (χ0v) is 13.9. The standard InChI is InChI=1S/C18H20FN3O3/c1-25-10-4-8-21-17(23)13-7-9-20-16(11-13)18(24)22-12-14-5-2-3-6-15(14)19/h2-3,5-7,9,11H,4,8,10,12H2,1H3,(H,21,23)(H,22,24). The van der Waals surface area contributed by atoms with Crippen molar-refractivity contribution in [1.82, 2.24) is 15.6 Å². The van der Waals surface area contributed by atoms with Crippen molar-refractivity contribution in [2.45, 2.75) is 13.0 Å². The van der Waals surface area contributed by atoms with E-state index in [1.165, 1.54) is 24.4 Å². The summed E-state index contributed by atoms with van der Waals surface area (Å²) in [5, 5.41) is 5.33. The maximum Gasteiger partial charge on any atom is 0.270 e. The Balaban J connectivity index is 1.94. The number of carbonyl (C=O) groups excluding carboxylic acids is 2. The molecule has 0 aliphatic heterocycles. The van der Waals surface area contributed by atoms with Gasteiger partial charge in [-0.2, -0.15) is 0 Å². The summed E-state index contributed by atoms with van der Waals surface area (Å²) in [6, 6.07) is 9.12. The first kappa shape index (κ1) is 18.5. The number of rotatable bonds is 8. The predicted molar refractivity (Wildman–Crippen MR) is 90.6 cm³/mol. The summed E-state index contributed by atoms with van der Waals surface area (Å²) in [5.41, 5.74) is 0.812. The highest BCUT2D eigenvalue weighted by Gasteiger charge is 2.12. The van der Waals surface area contributed by atoms with Crippen LogP contribution in [-0.4, -0.2) is 37.1 Å². The molecule has 0 unspecified atom stereocenters. The molecule has 1 aromatic carbocycles. The number of hydrogen-bond donors (Lipinski definition) is 2. The molecule has 132 valence electrons. The van der Waals surface area contributed by atoms with E-state index in [9.17, 15) is 14.0 Å². The molecule has 1 aromatic heterocycles. The fourth-order valence-electron chi connectivity index (χ4n) is 2.12. The molecule has 0 aliphatic rings. The minimum Gasteiger partial charge on any atom is -0.385 e. The molecular weight excluding hydrogens is 325 g/mol. The third-order valence-electron chi connectivity index (χ3n) is 3.46. The van der Waals surface area contributed by atoms with Crippen molar-refractivity contribution >= 4 is 11.8 Å². The van der Waals surface area contributed by atoms with E-state index >= 15 is 0 Å². The van der Waals surface area contributed by atoms with Gasteiger partial charge in [0.25, 0.3) is 11.8 Å². The van der Waals surface area contributed by atoms with Crippen molar-refractivity contribution in [2.24, 2.45) is 0 Å². The summed E-state index contributed by atoms with van der Waals surface area (Å²) in [6.07, 6.45) is 2.09. The van der Waals surface area contributed by atoms with Gasteiger partial charge in [-0.15, -0.1) is 0 Å². The largest absolute Gasteiger partial charge is 0.385 e. The fourth-order valence-corrected chi connectivity index (χ4v) is 2.12. The highest BCUT2D eigenvalue weighted by Crippen LogP contribution is 2.07. The Labute approximate surface area is 145 Å². The molecule has 25 heavy (non-hydrogen) atoms. The Bertz CT molecular complexity index is 737. The molecule has 0 fully saturated rings. The number of nitrogens with one attached hydrogen (secondary N) is 2. The van der Waals surface area contributed by atoms with Crippen LogP contribution >= 0.6 is 0 Å². The second kappa shape index (κ2) is 9.48. The summed E-state index contributed by atoms with van der Waals surface area (Å²) in [6.45, 7) is 1.07. The van der Waals surface area contributed by atoms with Crippen LogP contribution in [0.5, 0.6) is 0 Å². The van der Waals surface area contributed by atoms with Crippen LogP contribution in [0.15, 0.2) is 42.6 Å². The molecule has 0 atom stereocenters. The van der Waals surface area contributed by atoms with Gasteiger partial charge in [-0.25, -0.2) is 4.39 Å². The van der Waals surface area contributed by atoms with Crippen LogP contribution in [0, 0.1) is 5.82 Å². The smallest absolute Gasteiger partial charge is 0.270 e. The number of aromatic nitrogens is 1. The molecule has 2 amide bonds. The Hall–Kier alpha value is -2.80. The quantitative estimate of drug-likeness (QED) is 0.716. The van der Waals surface area contributed by atoms with E-state index in [-0.39, 0.29) is 24.0 Å². The van der Waals surface area contributed by atoms with Gasteiger partial charge in [-0.1, -0.05) is 18.2 Å². The normalized spacial score (nSPS) is 10.3. The van der Waals surface area contributed by atoms with Gasteiger partial charge in [0.15, 0.2) is 0 Å². The number of ether oxygens (including phenoxy) is 1. The van der Waals surface area contributed by atoms with E-state index in [1.807, 2.05) is 0 Å². The third-order valence-corrected chi connectivity index (χ3v) is 3.46. The molecule has 2 N–H and O–H groups in total. The Kier molecular flexibility index (Phi) is 7.03.